The lowest BCUT2D eigenvalue weighted by Gasteiger charge is -2.47. The Kier molecular flexibility index (Phi) is 2.83. The highest BCUT2D eigenvalue weighted by molar-refractivity contribution is 5.81. The van der Waals surface area contributed by atoms with Crippen LogP contribution in [0.1, 0.15) is 45.7 Å². The second-order valence-corrected chi connectivity index (χ2v) is 7.30. The summed E-state index contributed by atoms with van der Waals surface area (Å²) in [5, 5.41) is 0. The van der Waals surface area contributed by atoms with Gasteiger partial charge in [-0.1, -0.05) is 83.1 Å². The molecule has 2 aromatic rings. The van der Waals surface area contributed by atoms with Crippen LogP contribution in [0.5, 0.6) is 0 Å². The van der Waals surface area contributed by atoms with Crippen molar-refractivity contribution in [1.82, 2.24) is 0 Å². The van der Waals surface area contributed by atoms with Gasteiger partial charge in [0.15, 0.2) is 0 Å². The minimum absolute atomic E-state index is 0.0974. The van der Waals surface area contributed by atoms with Crippen LogP contribution in [-0.2, 0) is 5.41 Å². The van der Waals surface area contributed by atoms with Crippen molar-refractivity contribution in [1.29, 1.82) is 0 Å². The molecule has 3 rings (SSSR count). The fourth-order valence-corrected chi connectivity index (χ4v) is 4.56. The summed E-state index contributed by atoms with van der Waals surface area (Å²) in [6, 6.07) is 17.9. The van der Waals surface area contributed by atoms with E-state index in [1.165, 1.54) is 22.3 Å². The molecular weight excluding hydrogens is 240 g/mol. The van der Waals surface area contributed by atoms with Crippen LogP contribution in [0, 0.1) is 11.3 Å². The lowest BCUT2D eigenvalue weighted by Crippen LogP contribution is -2.44. The van der Waals surface area contributed by atoms with E-state index in [0.717, 1.165) is 0 Å². The van der Waals surface area contributed by atoms with Crippen LogP contribution in [-0.4, -0.2) is 0 Å². The second-order valence-electron chi connectivity index (χ2n) is 7.30. The van der Waals surface area contributed by atoms with E-state index >= 15 is 0 Å². The Morgan fingerprint density at radius 3 is 1.50 bits per heavy atom. The smallest absolute Gasteiger partial charge is 0.0286 e. The van der Waals surface area contributed by atoms with E-state index in [9.17, 15) is 0 Å². The third kappa shape index (κ3) is 1.48. The molecule has 0 nitrogen and oxygen atoms in total. The molecule has 0 heteroatoms. The summed E-state index contributed by atoms with van der Waals surface area (Å²) in [6.45, 7) is 11.9. The standard InChI is InChI=1S/C20H24/c1-14(2)20(19(3,4)5)17-12-8-6-10-15(17)16-11-7-9-13-18(16)20/h6-14H,1-5H3. The highest BCUT2D eigenvalue weighted by Gasteiger charge is 2.52. The molecule has 0 saturated heterocycles. The summed E-state index contributed by atoms with van der Waals surface area (Å²) < 4.78 is 0. The highest BCUT2D eigenvalue weighted by atomic mass is 14.5. The molecule has 0 heterocycles. The molecule has 0 atom stereocenters. The molecule has 0 N–H and O–H groups in total. The van der Waals surface area contributed by atoms with Gasteiger partial charge in [-0.25, -0.2) is 0 Å². The lowest BCUT2D eigenvalue weighted by molar-refractivity contribution is 0.171. The van der Waals surface area contributed by atoms with Crippen molar-refractivity contribution in [3.05, 3.63) is 59.7 Å². The van der Waals surface area contributed by atoms with Gasteiger partial charge in [-0.2, -0.15) is 0 Å². The molecular formula is C20H24. The molecule has 104 valence electrons. The van der Waals surface area contributed by atoms with E-state index in [1.807, 2.05) is 0 Å². The molecule has 0 fully saturated rings. The van der Waals surface area contributed by atoms with Crippen LogP contribution in [0.2, 0.25) is 0 Å². The summed E-state index contributed by atoms with van der Waals surface area (Å²) in [5.74, 6) is 0.562. The van der Waals surface area contributed by atoms with Gasteiger partial charge in [0.1, 0.15) is 0 Å². The first-order valence-electron chi connectivity index (χ1n) is 7.60. The molecule has 2 aromatic carbocycles. The summed E-state index contributed by atoms with van der Waals surface area (Å²) in [4.78, 5) is 0. The first-order valence-corrected chi connectivity index (χ1v) is 7.60. The quantitative estimate of drug-likeness (QED) is 0.624. The topological polar surface area (TPSA) is 0 Å². The predicted molar refractivity (Wildman–Crippen MR) is 87.0 cm³/mol. The molecule has 0 bridgehead atoms. The van der Waals surface area contributed by atoms with Gasteiger partial charge in [0.05, 0.1) is 0 Å². The van der Waals surface area contributed by atoms with E-state index in [4.69, 9.17) is 0 Å². The van der Waals surface area contributed by atoms with Crippen LogP contribution in [0.25, 0.3) is 11.1 Å². The monoisotopic (exact) mass is 264 g/mol. The van der Waals surface area contributed by atoms with Crippen LogP contribution >= 0.6 is 0 Å². The van der Waals surface area contributed by atoms with Crippen LogP contribution < -0.4 is 0 Å². The zero-order valence-electron chi connectivity index (χ0n) is 13.2. The zero-order chi connectivity index (χ0) is 14.5. The normalized spacial score (nSPS) is 16.1. The minimum Gasteiger partial charge on any atom is -0.0619 e. The molecule has 20 heavy (non-hydrogen) atoms. The molecule has 0 saturated carbocycles. The number of fused-ring (bicyclic) bond motifs is 3. The van der Waals surface area contributed by atoms with Crippen molar-refractivity contribution in [2.24, 2.45) is 11.3 Å². The third-order valence-corrected chi connectivity index (χ3v) is 5.04. The van der Waals surface area contributed by atoms with Crippen molar-refractivity contribution in [3.63, 3.8) is 0 Å². The zero-order valence-corrected chi connectivity index (χ0v) is 13.2. The molecule has 0 spiro atoms. The molecule has 1 aliphatic carbocycles. The maximum absolute atomic E-state index is 2.38. The van der Waals surface area contributed by atoms with Gasteiger partial charge in [0.25, 0.3) is 0 Å². The molecule has 0 unspecified atom stereocenters. The van der Waals surface area contributed by atoms with Gasteiger partial charge in [-0.05, 0) is 33.6 Å². The van der Waals surface area contributed by atoms with Crippen molar-refractivity contribution in [3.8, 4) is 11.1 Å². The van der Waals surface area contributed by atoms with Gasteiger partial charge >= 0.3 is 0 Å². The van der Waals surface area contributed by atoms with Crippen molar-refractivity contribution < 1.29 is 0 Å². The highest BCUT2D eigenvalue weighted by Crippen LogP contribution is 2.60. The summed E-state index contributed by atoms with van der Waals surface area (Å²) >= 11 is 0. The van der Waals surface area contributed by atoms with Gasteiger partial charge in [0, 0.05) is 5.41 Å². The van der Waals surface area contributed by atoms with Gasteiger partial charge in [-0.15, -0.1) is 0 Å². The Morgan fingerprint density at radius 1 is 0.750 bits per heavy atom. The molecule has 0 aliphatic heterocycles. The van der Waals surface area contributed by atoms with E-state index < -0.39 is 0 Å². The average Bonchev–Trinajstić information content (AvgIpc) is 2.69. The Labute approximate surface area is 122 Å². The van der Waals surface area contributed by atoms with Crippen molar-refractivity contribution in [2.75, 3.05) is 0 Å². The van der Waals surface area contributed by atoms with Gasteiger partial charge in [-0.3, -0.25) is 0 Å². The first kappa shape index (κ1) is 13.4. The van der Waals surface area contributed by atoms with Crippen molar-refractivity contribution >= 4 is 0 Å². The Bertz CT molecular complexity index is 596. The summed E-state index contributed by atoms with van der Waals surface area (Å²) in [5.41, 5.74) is 6.13. The van der Waals surface area contributed by atoms with E-state index in [1.54, 1.807) is 0 Å². The predicted octanol–water partition coefficient (Wildman–Crippen LogP) is 5.66. The Morgan fingerprint density at radius 2 is 1.15 bits per heavy atom. The fraction of sp³-hybridized carbons (Fsp3) is 0.400. The number of hydrogen-bond donors (Lipinski definition) is 0. The van der Waals surface area contributed by atoms with E-state index in [-0.39, 0.29) is 10.8 Å². The SMILES string of the molecule is CC(C)C1(C(C)(C)C)c2ccccc2-c2ccccc21. The number of benzene rings is 2. The lowest BCUT2D eigenvalue weighted by atomic mass is 9.56. The molecule has 0 amide bonds. The molecule has 0 radical (unpaired) electrons. The van der Waals surface area contributed by atoms with Crippen molar-refractivity contribution in [2.45, 2.75) is 40.0 Å². The minimum atomic E-state index is 0.0974. The van der Waals surface area contributed by atoms with E-state index in [0.29, 0.717) is 5.92 Å². The molecule has 1 aliphatic rings. The van der Waals surface area contributed by atoms with Gasteiger partial charge < -0.3 is 0 Å². The fourth-order valence-electron chi connectivity index (χ4n) is 4.56. The average molecular weight is 264 g/mol. The Hall–Kier alpha value is -1.56. The second kappa shape index (κ2) is 4.22. The maximum atomic E-state index is 2.38. The van der Waals surface area contributed by atoms with Gasteiger partial charge in [0.2, 0.25) is 0 Å². The summed E-state index contributed by atoms with van der Waals surface area (Å²) in [6.07, 6.45) is 0. The largest absolute Gasteiger partial charge is 0.0619 e. The van der Waals surface area contributed by atoms with Crippen LogP contribution in [0.3, 0.4) is 0 Å². The third-order valence-electron chi connectivity index (χ3n) is 5.04. The maximum Gasteiger partial charge on any atom is 0.0286 e. The number of rotatable bonds is 1. The summed E-state index contributed by atoms with van der Waals surface area (Å²) in [7, 11) is 0. The Balaban J connectivity index is 2.46. The number of hydrogen-bond acceptors (Lipinski definition) is 0. The van der Waals surface area contributed by atoms with Crippen LogP contribution in [0.4, 0.5) is 0 Å². The first-order chi connectivity index (χ1) is 9.40. The molecule has 0 aromatic heterocycles. The van der Waals surface area contributed by atoms with Crippen LogP contribution in [0.15, 0.2) is 48.5 Å². The van der Waals surface area contributed by atoms with E-state index in [2.05, 4.69) is 83.1 Å².